The summed E-state index contributed by atoms with van der Waals surface area (Å²) in [6.07, 6.45) is 0. The van der Waals surface area contributed by atoms with Gasteiger partial charge in [0.25, 0.3) is 5.91 Å². The topological polar surface area (TPSA) is 76.1 Å². The number of amides is 1. The van der Waals surface area contributed by atoms with Crippen LogP contribution in [0.25, 0.3) is 0 Å². The van der Waals surface area contributed by atoms with E-state index in [1.165, 1.54) is 5.56 Å². The molecule has 0 saturated heterocycles. The monoisotopic (exact) mass is 390 g/mol. The van der Waals surface area contributed by atoms with Gasteiger partial charge in [0.2, 0.25) is 5.95 Å². The second-order valence-corrected chi connectivity index (χ2v) is 7.11. The van der Waals surface area contributed by atoms with Crippen molar-refractivity contribution in [3.05, 3.63) is 76.1 Å². The third-order valence-electron chi connectivity index (χ3n) is 4.63. The minimum Gasteiger partial charge on any atom is -0.496 e. The van der Waals surface area contributed by atoms with E-state index in [4.69, 9.17) is 4.74 Å². The molecule has 0 fully saturated rings. The molecule has 6 nitrogen and oxygen atoms in total. The lowest BCUT2D eigenvalue weighted by Crippen LogP contribution is -2.24. The fourth-order valence-corrected chi connectivity index (χ4v) is 3.34. The van der Waals surface area contributed by atoms with Crippen LogP contribution in [0.4, 0.5) is 11.6 Å². The molecule has 150 valence electrons. The van der Waals surface area contributed by atoms with Crippen LogP contribution in [0.5, 0.6) is 5.75 Å². The molecular formula is C23H26N4O2. The first-order chi connectivity index (χ1) is 13.9. The molecule has 0 aliphatic heterocycles. The van der Waals surface area contributed by atoms with Crippen molar-refractivity contribution in [1.29, 1.82) is 0 Å². The zero-order valence-corrected chi connectivity index (χ0v) is 17.5. The van der Waals surface area contributed by atoms with Crippen molar-refractivity contribution >= 4 is 17.5 Å². The van der Waals surface area contributed by atoms with Gasteiger partial charge in [-0.3, -0.25) is 4.79 Å². The van der Waals surface area contributed by atoms with E-state index >= 15 is 0 Å². The van der Waals surface area contributed by atoms with E-state index in [0.717, 1.165) is 28.1 Å². The maximum absolute atomic E-state index is 12.7. The second-order valence-electron chi connectivity index (χ2n) is 7.11. The molecule has 0 unspecified atom stereocenters. The van der Waals surface area contributed by atoms with Gasteiger partial charge in [-0.25, -0.2) is 9.97 Å². The lowest BCUT2D eigenvalue weighted by atomic mass is 10.1. The number of hydrogen-bond donors (Lipinski definition) is 2. The minimum absolute atomic E-state index is 0.262. The van der Waals surface area contributed by atoms with Crippen molar-refractivity contribution in [2.45, 2.75) is 34.2 Å². The molecule has 0 bridgehead atoms. The number of aromatic nitrogens is 2. The molecule has 6 heteroatoms. The van der Waals surface area contributed by atoms with E-state index in [1.807, 2.05) is 45.0 Å². The zero-order valence-electron chi connectivity index (χ0n) is 17.5. The van der Waals surface area contributed by atoms with Crippen LogP contribution in [0.1, 0.15) is 38.4 Å². The van der Waals surface area contributed by atoms with Crippen molar-refractivity contribution in [2.24, 2.45) is 0 Å². The summed E-state index contributed by atoms with van der Waals surface area (Å²) in [7, 11) is 1.61. The van der Waals surface area contributed by atoms with Crippen LogP contribution >= 0.6 is 0 Å². The number of rotatable bonds is 6. The molecule has 2 N–H and O–H groups in total. The van der Waals surface area contributed by atoms with Gasteiger partial charge in [0.05, 0.1) is 7.11 Å². The smallest absolute Gasteiger partial charge is 0.270 e. The molecule has 29 heavy (non-hydrogen) atoms. The van der Waals surface area contributed by atoms with Crippen LogP contribution in [0.2, 0.25) is 0 Å². The van der Waals surface area contributed by atoms with E-state index in [-0.39, 0.29) is 5.91 Å². The summed E-state index contributed by atoms with van der Waals surface area (Å²) >= 11 is 0. The molecule has 3 rings (SSSR count). The Morgan fingerprint density at radius 3 is 2.38 bits per heavy atom. The molecule has 1 amide bonds. The summed E-state index contributed by atoms with van der Waals surface area (Å²) in [4.78, 5) is 21.5. The highest BCUT2D eigenvalue weighted by atomic mass is 16.5. The first-order valence-electron chi connectivity index (χ1n) is 9.48. The Morgan fingerprint density at radius 2 is 1.69 bits per heavy atom. The van der Waals surface area contributed by atoms with E-state index in [9.17, 15) is 4.79 Å². The van der Waals surface area contributed by atoms with Gasteiger partial charge in [-0.15, -0.1) is 0 Å². The first-order valence-corrected chi connectivity index (χ1v) is 9.48. The minimum atomic E-state index is -0.262. The molecule has 0 saturated carbocycles. The summed E-state index contributed by atoms with van der Waals surface area (Å²) in [5, 5.41) is 6.18. The number of carbonyl (C=O) groups excluding carboxylic acids is 1. The highest BCUT2D eigenvalue weighted by Gasteiger charge is 2.13. The molecule has 1 heterocycles. The molecule has 2 aromatic carbocycles. The van der Waals surface area contributed by atoms with Crippen molar-refractivity contribution in [2.75, 3.05) is 12.4 Å². The number of carbonyl (C=O) groups is 1. The molecule has 1 aromatic heterocycles. The summed E-state index contributed by atoms with van der Waals surface area (Å²) < 4.78 is 5.33. The average Bonchev–Trinajstić information content (AvgIpc) is 2.68. The predicted molar refractivity (Wildman–Crippen MR) is 115 cm³/mol. The van der Waals surface area contributed by atoms with Gasteiger partial charge in [-0.2, -0.15) is 0 Å². The Balaban J connectivity index is 1.79. The highest BCUT2D eigenvalue weighted by Crippen LogP contribution is 2.24. The molecule has 0 spiro atoms. The van der Waals surface area contributed by atoms with Gasteiger partial charge < -0.3 is 15.4 Å². The SMILES string of the molecule is COc1ccccc1CNC(=O)c1cc(C)nc(Nc2c(C)cc(C)cc2C)n1. The fourth-order valence-electron chi connectivity index (χ4n) is 3.34. The van der Waals surface area contributed by atoms with Gasteiger partial charge in [0.15, 0.2) is 0 Å². The number of ether oxygens (including phenoxy) is 1. The molecule has 0 radical (unpaired) electrons. The highest BCUT2D eigenvalue weighted by molar-refractivity contribution is 5.92. The van der Waals surface area contributed by atoms with Gasteiger partial charge in [-0.1, -0.05) is 35.9 Å². The van der Waals surface area contributed by atoms with Gasteiger partial charge in [0.1, 0.15) is 11.4 Å². The normalized spacial score (nSPS) is 10.5. The summed E-state index contributed by atoms with van der Waals surface area (Å²) in [6, 6.07) is 13.5. The van der Waals surface area contributed by atoms with E-state index < -0.39 is 0 Å². The van der Waals surface area contributed by atoms with Crippen molar-refractivity contribution in [3.63, 3.8) is 0 Å². The quantitative estimate of drug-likeness (QED) is 0.653. The second kappa shape index (κ2) is 8.73. The number of para-hydroxylation sites is 1. The lowest BCUT2D eigenvalue weighted by molar-refractivity contribution is 0.0945. The van der Waals surface area contributed by atoms with E-state index in [0.29, 0.717) is 23.9 Å². The number of nitrogens with zero attached hydrogens (tertiary/aromatic N) is 2. The van der Waals surface area contributed by atoms with Crippen LogP contribution < -0.4 is 15.4 Å². The molecule has 0 aliphatic carbocycles. The Kier molecular flexibility index (Phi) is 6.12. The number of nitrogens with one attached hydrogen (secondary N) is 2. The predicted octanol–water partition coefficient (Wildman–Crippen LogP) is 4.39. The van der Waals surface area contributed by atoms with Gasteiger partial charge in [0, 0.05) is 23.5 Å². The fraction of sp³-hybridized carbons (Fsp3) is 0.261. The Morgan fingerprint density at radius 1 is 1.00 bits per heavy atom. The number of benzene rings is 2. The maximum atomic E-state index is 12.7. The molecular weight excluding hydrogens is 364 g/mol. The van der Waals surface area contributed by atoms with E-state index in [1.54, 1.807) is 13.2 Å². The van der Waals surface area contributed by atoms with Crippen LogP contribution in [-0.2, 0) is 6.54 Å². The van der Waals surface area contributed by atoms with Crippen molar-refractivity contribution in [1.82, 2.24) is 15.3 Å². The zero-order chi connectivity index (χ0) is 21.0. The van der Waals surface area contributed by atoms with Crippen LogP contribution in [0.15, 0.2) is 42.5 Å². The molecule has 0 atom stereocenters. The number of aryl methyl sites for hydroxylation is 4. The first kappa shape index (κ1) is 20.3. The van der Waals surface area contributed by atoms with Crippen LogP contribution in [0.3, 0.4) is 0 Å². The number of anilines is 2. The lowest BCUT2D eigenvalue weighted by Gasteiger charge is -2.14. The third kappa shape index (κ3) is 4.90. The Hall–Kier alpha value is -3.41. The van der Waals surface area contributed by atoms with Crippen molar-refractivity contribution in [3.8, 4) is 5.75 Å². The van der Waals surface area contributed by atoms with Gasteiger partial charge in [-0.05, 0) is 51.0 Å². The third-order valence-corrected chi connectivity index (χ3v) is 4.63. The summed E-state index contributed by atoms with van der Waals surface area (Å²) in [6.45, 7) is 8.35. The molecule has 0 aliphatic rings. The number of methoxy groups -OCH3 is 1. The summed E-state index contributed by atoms with van der Waals surface area (Å²) in [5.74, 6) is 0.878. The largest absolute Gasteiger partial charge is 0.496 e. The maximum Gasteiger partial charge on any atom is 0.270 e. The number of hydrogen-bond acceptors (Lipinski definition) is 5. The molecule has 3 aromatic rings. The van der Waals surface area contributed by atoms with Gasteiger partial charge >= 0.3 is 0 Å². The standard InChI is InChI=1S/C23H26N4O2/c1-14-10-15(2)21(16(3)11-14)27-23-25-17(4)12-19(26-23)22(28)24-13-18-8-6-7-9-20(18)29-5/h6-12H,13H2,1-5H3,(H,24,28)(H,25,26,27). The Labute approximate surface area is 171 Å². The summed E-state index contributed by atoms with van der Waals surface area (Å²) in [5.41, 5.74) is 6.31. The average molecular weight is 390 g/mol. The van der Waals surface area contributed by atoms with Crippen LogP contribution in [-0.4, -0.2) is 23.0 Å². The van der Waals surface area contributed by atoms with Crippen LogP contribution in [0, 0.1) is 27.7 Å². The van der Waals surface area contributed by atoms with E-state index in [2.05, 4.69) is 39.7 Å². The van der Waals surface area contributed by atoms with Crippen molar-refractivity contribution < 1.29 is 9.53 Å². The Bertz CT molecular complexity index is 1020.